The second kappa shape index (κ2) is 6.67. The van der Waals surface area contributed by atoms with Crippen LogP contribution in [0.1, 0.15) is 58.3 Å². The lowest BCUT2D eigenvalue weighted by Crippen LogP contribution is -2.46. The maximum atomic E-state index is 12.6. The molecule has 0 bridgehead atoms. The van der Waals surface area contributed by atoms with E-state index in [-0.39, 0.29) is 6.03 Å². The average Bonchev–Trinajstić information content (AvgIpc) is 2.75. The van der Waals surface area contributed by atoms with Crippen LogP contribution in [0.15, 0.2) is 0 Å². The summed E-state index contributed by atoms with van der Waals surface area (Å²) >= 11 is 0. The van der Waals surface area contributed by atoms with E-state index in [4.69, 9.17) is 0 Å². The summed E-state index contributed by atoms with van der Waals surface area (Å²) in [5, 5.41) is 9.44. The first-order valence-electron chi connectivity index (χ1n) is 8.25. The Hall–Kier alpha value is -1.26. The zero-order valence-electron chi connectivity index (χ0n) is 13.3. The van der Waals surface area contributed by atoms with E-state index in [1.165, 1.54) is 25.7 Å². The number of carbonyl (C=O) groups excluding carboxylic acids is 1. The molecule has 1 aliphatic carbocycles. The Morgan fingerprint density at radius 2 is 1.86 bits per heavy atom. The van der Waals surface area contributed by atoms with Crippen LogP contribution in [0.5, 0.6) is 0 Å². The van der Waals surface area contributed by atoms with E-state index in [0.717, 1.165) is 12.8 Å². The zero-order chi connectivity index (χ0) is 15.5. The predicted octanol–water partition coefficient (Wildman–Crippen LogP) is 2.95. The van der Waals surface area contributed by atoms with Crippen molar-refractivity contribution in [2.45, 2.75) is 64.3 Å². The predicted molar refractivity (Wildman–Crippen MR) is 81.2 cm³/mol. The maximum Gasteiger partial charge on any atom is 0.320 e. The third kappa shape index (κ3) is 3.33. The molecule has 21 heavy (non-hydrogen) atoms. The first-order valence-corrected chi connectivity index (χ1v) is 8.25. The maximum absolute atomic E-state index is 12.6. The van der Waals surface area contributed by atoms with Gasteiger partial charge in [0.2, 0.25) is 0 Å². The number of rotatable bonds is 3. The normalized spacial score (nSPS) is 27.4. The number of carboxylic acids is 1. The summed E-state index contributed by atoms with van der Waals surface area (Å²) in [5.74, 6) is -0.766. The zero-order valence-corrected chi connectivity index (χ0v) is 13.3. The highest BCUT2D eigenvalue weighted by molar-refractivity contribution is 5.79. The molecule has 1 saturated heterocycles. The molecule has 1 atom stereocenters. The number of hydrogen-bond acceptors (Lipinski definition) is 2. The molecular formula is C16H28N2O3. The number of carbonyl (C=O) groups is 2. The van der Waals surface area contributed by atoms with Crippen LogP contribution in [0.2, 0.25) is 0 Å². The molecule has 2 aliphatic rings. The van der Waals surface area contributed by atoms with Crippen LogP contribution in [-0.2, 0) is 4.79 Å². The van der Waals surface area contributed by atoms with Gasteiger partial charge >= 0.3 is 12.0 Å². The lowest BCUT2D eigenvalue weighted by molar-refractivity contribution is -0.148. The fourth-order valence-electron chi connectivity index (χ4n) is 3.67. The Labute approximate surface area is 127 Å². The van der Waals surface area contributed by atoms with Gasteiger partial charge in [0.25, 0.3) is 0 Å². The van der Waals surface area contributed by atoms with Crippen LogP contribution in [-0.4, -0.2) is 53.1 Å². The summed E-state index contributed by atoms with van der Waals surface area (Å²) in [4.78, 5) is 27.7. The summed E-state index contributed by atoms with van der Waals surface area (Å²) in [6, 6.07) is 0.333. The number of amides is 2. The molecule has 1 unspecified atom stereocenters. The minimum absolute atomic E-state index is 0.0125. The molecule has 1 N–H and O–H groups in total. The van der Waals surface area contributed by atoms with Gasteiger partial charge in [-0.3, -0.25) is 4.79 Å². The monoisotopic (exact) mass is 296 g/mol. The summed E-state index contributed by atoms with van der Waals surface area (Å²) < 4.78 is 0. The van der Waals surface area contributed by atoms with Gasteiger partial charge in [-0.05, 0) is 25.7 Å². The molecule has 5 heteroatoms. The van der Waals surface area contributed by atoms with Gasteiger partial charge < -0.3 is 14.9 Å². The highest BCUT2D eigenvalue weighted by Gasteiger charge is 2.45. The molecule has 5 nitrogen and oxygen atoms in total. The van der Waals surface area contributed by atoms with E-state index in [0.29, 0.717) is 32.0 Å². The van der Waals surface area contributed by atoms with Gasteiger partial charge in [0.15, 0.2) is 0 Å². The average molecular weight is 296 g/mol. The van der Waals surface area contributed by atoms with Crippen LogP contribution in [0.4, 0.5) is 4.79 Å². The van der Waals surface area contributed by atoms with Gasteiger partial charge in [0.05, 0.1) is 5.41 Å². The van der Waals surface area contributed by atoms with Crippen molar-refractivity contribution in [3.8, 4) is 0 Å². The second-order valence-electron chi connectivity index (χ2n) is 6.65. The summed E-state index contributed by atoms with van der Waals surface area (Å²) in [6.07, 6.45) is 8.22. The molecule has 0 aromatic carbocycles. The quantitative estimate of drug-likeness (QED) is 0.815. The summed E-state index contributed by atoms with van der Waals surface area (Å²) in [7, 11) is 1.88. The van der Waals surface area contributed by atoms with Crippen molar-refractivity contribution in [1.29, 1.82) is 0 Å². The fourth-order valence-corrected chi connectivity index (χ4v) is 3.67. The van der Waals surface area contributed by atoms with Gasteiger partial charge in [-0.15, -0.1) is 0 Å². The van der Waals surface area contributed by atoms with Crippen molar-refractivity contribution in [2.75, 3.05) is 20.1 Å². The summed E-state index contributed by atoms with van der Waals surface area (Å²) in [6.45, 7) is 2.82. The molecule has 1 heterocycles. The van der Waals surface area contributed by atoms with Gasteiger partial charge in [0, 0.05) is 26.2 Å². The third-order valence-corrected chi connectivity index (χ3v) is 5.43. The molecule has 0 aromatic rings. The lowest BCUT2D eigenvalue weighted by Gasteiger charge is -2.32. The van der Waals surface area contributed by atoms with Gasteiger partial charge in [-0.1, -0.05) is 32.6 Å². The van der Waals surface area contributed by atoms with Crippen molar-refractivity contribution in [1.82, 2.24) is 9.80 Å². The topological polar surface area (TPSA) is 60.9 Å². The molecule has 0 radical (unpaired) electrons. The minimum atomic E-state index is -0.766. The van der Waals surface area contributed by atoms with Crippen molar-refractivity contribution in [3.63, 3.8) is 0 Å². The molecule has 2 fully saturated rings. The molecule has 0 aromatic heterocycles. The number of urea groups is 1. The van der Waals surface area contributed by atoms with Crippen LogP contribution in [0, 0.1) is 5.41 Å². The van der Waals surface area contributed by atoms with Crippen molar-refractivity contribution in [3.05, 3.63) is 0 Å². The van der Waals surface area contributed by atoms with E-state index in [1.807, 2.05) is 18.9 Å². The highest BCUT2D eigenvalue weighted by atomic mass is 16.4. The Bertz CT molecular complexity index is 391. The Kier molecular flexibility index (Phi) is 5.12. The van der Waals surface area contributed by atoms with Crippen molar-refractivity contribution in [2.24, 2.45) is 5.41 Å². The largest absolute Gasteiger partial charge is 0.481 e. The first kappa shape index (κ1) is 16.1. The van der Waals surface area contributed by atoms with E-state index < -0.39 is 11.4 Å². The fraction of sp³-hybridized carbons (Fsp3) is 0.875. The van der Waals surface area contributed by atoms with Gasteiger partial charge in [-0.25, -0.2) is 4.79 Å². The van der Waals surface area contributed by atoms with Crippen LogP contribution >= 0.6 is 0 Å². The third-order valence-electron chi connectivity index (χ3n) is 5.43. The second-order valence-corrected chi connectivity index (χ2v) is 6.65. The van der Waals surface area contributed by atoms with Gasteiger partial charge in [-0.2, -0.15) is 0 Å². The molecule has 2 rings (SSSR count). The minimum Gasteiger partial charge on any atom is -0.481 e. The summed E-state index contributed by atoms with van der Waals surface area (Å²) in [5.41, 5.74) is -0.736. The first-order chi connectivity index (χ1) is 10.00. The smallest absolute Gasteiger partial charge is 0.320 e. The molecule has 0 spiro atoms. The number of carboxylic acid groups (broad SMARTS) is 1. The van der Waals surface area contributed by atoms with E-state index in [9.17, 15) is 14.7 Å². The molecule has 1 saturated carbocycles. The highest BCUT2D eigenvalue weighted by Crippen LogP contribution is 2.35. The van der Waals surface area contributed by atoms with Crippen molar-refractivity contribution >= 4 is 12.0 Å². The number of likely N-dealkylation sites (tertiary alicyclic amines) is 1. The Morgan fingerprint density at radius 1 is 1.24 bits per heavy atom. The standard InChI is InChI=1S/C16H28N2O3/c1-3-16(14(19)20)10-11-18(12-16)15(21)17(2)13-8-6-4-5-7-9-13/h13H,3-12H2,1-2H3,(H,19,20). The van der Waals surface area contributed by atoms with E-state index in [2.05, 4.69) is 0 Å². The number of aliphatic carboxylic acids is 1. The van der Waals surface area contributed by atoms with E-state index in [1.54, 1.807) is 4.90 Å². The Morgan fingerprint density at radius 3 is 2.33 bits per heavy atom. The number of nitrogens with zero attached hydrogens (tertiary/aromatic N) is 2. The SMILES string of the molecule is CCC1(C(=O)O)CCN(C(=O)N(C)C2CCCCCC2)C1. The Balaban J connectivity index is 1.98. The van der Waals surface area contributed by atoms with Crippen LogP contribution < -0.4 is 0 Å². The van der Waals surface area contributed by atoms with E-state index >= 15 is 0 Å². The number of hydrogen-bond donors (Lipinski definition) is 1. The van der Waals surface area contributed by atoms with Crippen LogP contribution in [0.25, 0.3) is 0 Å². The molecule has 2 amide bonds. The van der Waals surface area contributed by atoms with Crippen LogP contribution in [0.3, 0.4) is 0 Å². The molecular weight excluding hydrogens is 268 g/mol. The van der Waals surface area contributed by atoms with Gasteiger partial charge in [0.1, 0.15) is 0 Å². The lowest BCUT2D eigenvalue weighted by atomic mass is 9.84. The molecule has 120 valence electrons. The molecule has 1 aliphatic heterocycles. The van der Waals surface area contributed by atoms with Crippen molar-refractivity contribution < 1.29 is 14.7 Å².